The van der Waals surface area contributed by atoms with Gasteiger partial charge in [-0.3, -0.25) is 9.69 Å². The van der Waals surface area contributed by atoms with E-state index < -0.39 is 5.97 Å². The Bertz CT molecular complexity index is 894. The van der Waals surface area contributed by atoms with Gasteiger partial charge in [-0.05, 0) is 6.08 Å². The molecule has 0 bridgehead atoms. The van der Waals surface area contributed by atoms with Gasteiger partial charge >= 0.3 is 35.5 Å². The van der Waals surface area contributed by atoms with Crippen molar-refractivity contribution < 1.29 is 45.7 Å². The van der Waals surface area contributed by atoms with Crippen molar-refractivity contribution in [2.45, 2.75) is 5.37 Å². The molecule has 24 heavy (non-hydrogen) atoms. The zero-order chi connectivity index (χ0) is 16.1. The maximum Gasteiger partial charge on any atom is 1.00 e. The minimum atomic E-state index is -1.09. The molecule has 4 heterocycles. The van der Waals surface area contributed by atoms with Crippen molar-refractivity contribution in [3.8, 4) is 10.8 Å². The number of carbonyl (C=O) groups is 2. The third-order valence-electron chi connectivity index (χ3n) is 3.58. The number of carboxylic acid groups (broad SMARTS) is 1. The molecule has 2 aliphatic heterocycles. The Balaban J connectivity index is 0.00000113. The smallest absolute Gasteiger partial charge is 1.00 e. The molecule has 0 aromatic carbocycles. The topological polar surface area (TPSA) is 88.3 Å². The molecule has 118 valence electrons. The third-order valence-corrected chi connectivity index (χ3v) is 5.43. The quantitative estimate of drug-likeness (QED) is 0.419. The number of aromatic nitrogens is 3. The minimum absolute atomic E-state index is 0. The predicted octanol–water partition coefficient (Wildman–Crippen LogP) is -1.12. The summed E-state index contributed by atoms with van der Waals surface area (Å²) < 4.78 is 1.86. The van der Waals surface area contributed by atoms with Gasteiger partial charge in [-0.25, -0.2) is 14.8 Å². The van der Waals surface area contributed by atoms with Gasteiger partial charge in [0.25, 0.3) is 5.91 Å². The molecule has 1 fully saturated rings. The SMILES string of the molecule is Cn1cc(/C=C2/C(=O)N3C(C(=O)O)=CSC23)nc1-c1nccs1.[H-].[Na+]. The van der Waals surface area contributed by atoms with Gasteiger partial charge in [0, 0.05) is 30.2 Å². The Hall–Kier alpha value is -1.39. The molecule has 2 aliphatic rings. The summed E-state index contributed by atoms with van der Waals surface area (Å²) >= 11 is 2.81. The van der Waals surface area contributed by atoms with Crippen molar-refractivity contribution in [1.82, 2.24) is 19.4 Å². The molecule has 2 aromatic heterocycles. The molecular weight excluding hydrogens is 359 g/mol. The van der Waals surface area contributed by atoms with Gasteiger partial charge in [-0.1, -0.05) is 0 Å². The second-order valence-electron chi connectivity index (χ2n) is 5.01. The van der Waals surface area contributed by atoms with Crippen molar-refractivity contribution >= 4 is 41.1 Å². The first-order valence-corrected chi connectivity index (χ1v) is 8.46. The molecule has 0 saturated carbocycles. The Morgan fingerprint density at radius 2 is 2.29 bits per heavy atom. The molecular formula is C14H11N4NaO3S2. The molecule has 1 N–H and O–H groups in total. The van der Waals surface area contributed by atoms with E-state index in [1.807, 2.05) is 23.2 Å². The molecule has 1 saturated heterocycles. The zero-order valence-corrected chi connectivity index (χ0v) is 16.5. The van der Waals surface area contributed by atoms with Crippen molar-refractivity contribution in [2.24, 2.45) is 7.05 Å². The van der Waals surface area contributed by atoms with E-state index in [1.54, 1.807) is 12.3 Å². The number of imidazole rings is 1. The largest absolute Gasteiger partial charge is 1.00 e. The summed E-state index contributed by atoms with van der Waals surface area (Å²) in [6.45, 7) is 0. The maximum absolute atomic E-state index is 12.2. The number of hydrogen-bond donors (Lipinski definition) is 1. The summed E-state index contributed by atoms with van der Waals surface area (Å²) in [6, 6.07) is 0. The maximum atomic E-state index is 12.2. The summed E-state index contributed by atoms with van der Waals surface area (Å²) in [5.41, 5.74) is 1.25. The number of carboxylic acids is 1. The number of thiazole rings is 1. The van der Waals surface area contributed by atoms with Crippen molar-refractivity contribution in [2.75, 3.05) is 0 Å². The van der Waals surface area contributed by atoms with Crippen LogP contribution in [0.2, 0.25) is 0 Å². The summed E-state index contributed by atoms with van der Waals surface area (Å²) in [6.07, 6.45) is 5.26. The van der Waals surface area contributed by atoms with Crippen molar-refractivity contribution in [3.05, 3.63) is 40.1 Å². The first-order chi connectivity index (χ1) is 11.1. The van der Waals surface area contributed by atoms with E-state index in [1.165, 1.54) is 33.4 Å². The summed E-state index contributed by atoms with van der Waals surface area (Å²) in [4.78, 5) is 33.3. The van der Waals surface area contributed by atoms with Gasteiger partial charge in [0.15, 0.2) is 10.8 Å². The fraction of sp³-hybridized carbons (Fsp3) is 0.143. The van der Waals surface area contributed by atoms with Gasteiger partial charge in [0.05, 0.1) is 11.3 Å². The number of aryl methyl sites for hydroxylation is 1. The van der Waals surface area contributed by atoms with Crippen LogP contribution in [0.3, 0.4) is 0 Å². The second kappa shape index (κ2) is 6.49. The average Bonchev–Trinajstić information content (AvgIpc) is 3.22. The molecule has 1 unspecified atom stereocenters. The van der Waals surface area contributed by atoms with Gasteiger partial charge in [0.2, 0.25) is 0 Å². The van der Waals surface area contributed by atoms with Gasteiger partial charge in [0.1, 0.15) is 11.1 Å². The fourth-order valence-corrected chi connectivity index (χ4v) is 4.30. The molecule has 0 spiro atoms. The van der Waals surface area contributed by atoms with Crippen LogP contribution in [0.25, 0.3) is 16.9 Å². The van der Waals surface area contributed by atoms with E-state index in [2.05, 4.69) is 9.97 Å². The van der Waals surface area contributed by atoms with Gasteiger partial charge < -0.3 is 11.1 Å². The van der Waals surface area contributed by atoms with Crippen LogP contribution in [0.15, 0.2) is 34.5 Å². The van der Waals surface area contributed by atoms with Gasteiger partial charge in [-0.15, -0.1) is 23.1 Å². The number of thioether (sulfide) groups is 1. The number of β-lactam (4-membered cyclic amide) rings is 1. The number of fused-ring (bicyclic) bond motifs is 1. The number of rotatable bonds is 3. The summed E-state index contributed by atoms with van der Waals surface area (Å²) in [5, 5.41) is 13.0. The summed E-state index contributed by atoms with van der Waals surface area (Å²) in [5.74, 6) is -0.634. The van der Waals surface area contributed by atoms with Crippen LogP contribution in [0, 0.1) is 0 Å². The average molecular weight is 370 g/mol. The van der Waals surface area contributed by atoms with Crippen LogP contribution in [0.5, 0.6) is 0 Å². The van der Waals surface area contributed by atoms with Crippen LogP contribution in [-0.2, 0) is 16.6 Å². The van der Waals surface area contributed by atoms with E-state index in [-0.39, 0.29) is 48.0 Å². The molecule has 2 aromatic rings. The first kappa shape index (κ1) is 17.4. The monoisotopic (exact) mass is 370 g/mol. The molecule has 0 aliphatic carbocycles. The Morgan fingerprint density at radius 1 is 1.50 bits per heavy atom. The van der Waals surface area contributed by atoms with E-state index in [9.17, 15) is 9.59 Å². The second-order valence-corrected chi connectivity index (χ2v) is 6.86. The molecule has 1 amide bonds. The van der Waals surface area contributed by atoms with Crippen LogP contribution >= 0.6 is 23.1 Å². The number of carbonyl (C=O) groups excluding carboxylic acids is 1. The van der Waals surface area contributed by atoms with E-state index in [0.29, 0.717) is 11.3 Å². The fourth-order valence-electron chi connectivity index (χ4n) is 2.52. The number of hydrogen-bond acceptors (Lipinski definition) is 6. The van der Waals surface area contributed by atoms with Crippen molar-refractivity contribution in [1.29, 1.82) is 0 Å². The minimum Gasteiger partial charge on any atom is -1.00 e. The Morgan fingerprint density at radius 3 is 2.96 bits per heavy atom. The van der Waals surface area contributed by atoms with Crippen LogP contribution in [-0.4, -0.2) is 41.8 Å². The van der Waals surface area contributed by atoms with Crippen LogP contribution in [0.1, 0.15) is 7.12 Å². The predicted molar refractivity (Wildman–Crippen MR) is 87.3 cm³/mol. The standard InChI is InChI=1S/C14H10N4O3S2.Na.H/c1-17-5-7(16-10(17)11-15-2-3-22-11)4-8-12(19)18-9(14(20)21)6-23-13(8)18;;/h2-6,13H,1H3,(H,20,21);;/q;+1;-1/b8-4-;;. The number of nitrogens with zero attached hydrogens (tertiary/aromatic N) is 4. The molecule has 1 atom stereocenters. The third kappa shape index (κ3) is 2.66. The molecule has 0 radical (unpaired) electrons. The Kier molecular flexibility index (Phi) is 4.71. The number of amides is 1. The van der Waals surface area contributed by atoms with E-state index in [0.717, 1.165) is 10.8 Å². The molecule has 10 heteroatoms. The summed E-state index contributed by atoms with van der Waals surface area (Å²) in [7, 11) is 1.87. The van der Waals surface area contributed by atoms with E-state index in [4.69, 9.17) is 5.11 Å². The molecule has 7 nitrogen and oxygen atoms in total. The first-order valence-electron chi connectivity index (χ1n) is 6.63. The zero-order valence-electron chi connectivity index (χ0n) is 13.8. The van der Waals surface area contributed by atoms with Gasteiger partial charge in [-0.2, -0.15) is 0 Å². The number of aliphatic carboxylic acids is 1. The van der Waals surface area contributed by atoms with E-state index >= 15 is 0 Å². The van der Waals surface area contributed by atoms with Crippen molar-refractivity contribution in [3.63, 3.8) is 0 Å². The van der Waals surface area contributed by atoms with Crippen LogP contribution in [0.4, 0.5) is 0 Å². The normalized spacial score (nSPS) is 20.5. The van der Waals surface area contributed by atoms with Crippen LogP contribution < -0.4 is 29.6 Å². The Labute approximate surface area is 168 Å². The molecule has 4 rings (SSSR count).